The van der Waals surface area contributed by atoms with Gasteiger partial charge < -0.3 is 5.32 Å². The Hall–Kier alpha value is -1.36. The van der Waals surface area contributed by atoms with E-state index in [4.69, 9.17) is 0 Å². The molecule has 2 heterocycles. The zero-order valence-electron chi connectivity index (χ0n) is 13.6. The Morgan fingerprint density at radius 2 is 2.00 bits per heavy atom. The number of nitrogens with one attached hydrogen (secondary N) is 1. The minimum atomic E-state index is 0.197. The standard InChI is InChI=1S/C17H28N4O/c1-20-12-14(11-18-20)16-9-6-10-21(16)13-17(22)19-15-7-4-2-3-5-8-15/h11-12,15-16H,2-10,13H2,1H3,(H,19,22). The van der Waals surface area contributed by atoms with Crippen molar-refractivity contribution in [1.29, 1.82) is 0 Å². The summed E-state index contributed by atoms with van der Waals surface area (Å²) in [5.41, 5.74) is 1.24. The van der Waals surface area contributed by atoms with Gasteiger partial charge >= 0.3 is 0 Å². The number of carbonyl (C=O) groups is 1. The smallest absolute Gasteiger partial charge is 0.234 e. The first kappa shape index (κ1) is 15.5. The number of nitrogens with zero attached hydrogens (tertiary/aromatic N) is 3. The molecule has 5 nitrogen and oxygen atoms in total. The van der Waals surface area contributed by atoms with Gasteiger partial charge in [0.25, 0.3) is 0 Å². The molecule has 1 aromatic heterocycles. The van der Waals surface area contributed by atoms with E-state index in [0.717, 1.165) is 32.2 Å². The third-order valence-corrected chi connectivity index (χ3v) is 5.04. The highest BCUT2D eigenvalue weighted by Gasteiger charge is 2.28. The summed E-state index contributed by atoms with van der Waals surface area (Å²) >= 11 is 0. The van der Waals surface area contributed by atoms with Crippen LogP contribution in [0, 0.1) is 0 Å². The topological polar surface area (TPSA) is 50.2 Å². The Bertz CT molecular complexity index is 491. The van der Waals surface area contributed by atoms with E-state index in [1.165, 1.54) is 31.2 Å². The molecule has 1 aliphatic carbocycles. The highest BCUT2D eigenvalue weighted by Crippen LogP contribution is 2.31. The molecule has 1 aromatic rings. The summed E-state index contributed by atoms with van der Waals surface area (Å²) in [5, 5.41) is 7.53. The highest BCUT2D eigenvalue weighted by atomic mass is 16.2. The van der Waals surface area contributed by atoms with Crippen LogP contribution >= 0.6 is 0 Å². The maximum absolute atomic E-state index is 12.4. The molecule has 1 amide bonds. The molecule has 1 unspecified atom stereocenters. The number of hydrogen-bond acceptors (Lipinski definition) is 3. The molecule has 22 heavy (non-hydrogen) atoms. The van der Waals surface area contributed by atoms with Gasteiger partial charge in [-0.3, -0.25) is 14.4 Å². The van der Waals surface area contributed by atoms with Crippen LogP contribution in [0.4, 0.5) is 0 Å². The van der Waals surface area contributed by atoms with Gasteiger partial charge in [-0.25, -0.2) is 0 Å². The fourth-order valence-electron chi connectivity index (χ4n) is 3.89. The van der Waals surface area contributed by atoms with E-state index in [9.17, 15) is 4.79 Å². The lowest BCUT2D eigenvalue weighted by Crippen LogP contribution is -2.41. The monoisotopic (exact) mass is 304 g/mol. The molecule has 0 radical (unpaired) electrons. The van der Waals surface area contributed by atoms with Gasteiger partial charge in [-0.2, -0.15) is 5.10 Å². The number of rotatable bonds is 4. The SMILES string of the molecule is Cn1cc(C2CCCN2CC(=O)NC2CCCCCC2)cn1. The first-order valence-corrected chi connectivity index (χ1v) is 8.74. The number of aryl methyl sites for hydroxylation is 1. The Kier molecular flexibility index (Phi) is 5.13. The van der Waals surface area contributed by atoms with Gasteiger partial charge in [-0.05, 0) is 32.2 Å². The van der Waals surface area contributed by atoms with Gasteiger partial charge in [0.1, 0.15) is 0 Å². The van der Waals surface area contributed by atoms with Crippen LogP contribution < -0.4 is 5.32 Å². The lowest BCUT2D eigenvalue weighted by Gasteiger charge is -2.24. The van der Waals surface area contributed by atoms with Gasteiger partial charge in [-0.1, -0.05) is 25.7 Å². The van der Waals surface area contributed by atoms with Crippen LogP contribution in [0.15, 0.2) is 12.4 Å². The predicted molar refractivity (Wildman–Crippen MR) is 86.4 cm³/mol. The minimum absolute atomic E-state index is 0.197. The van der Waals surface area contributed by atoms with Crippen LogP contribution in [-0.4, -0.2) is 39.7 Å². The predicted octanol–water partition coefficient (Wildman–Crippen LogP) is 2.40. The van der Waals surface area contributed by atoms with Crippen molar-refractivity contribution in [2.24, 2.45) is 7.05 Å². The molecular formula is C17H28N4O. The Balaban J connectivity index is 1.53. The first-order chi connectivity index (χ1) is 10.7. The quantitative estimate of drug-likeness (QED) is 0.869. The number of amides is 1. The van der Waals surface area contributed by atoms with E-state index in [1.54, 1.807) is 0 Å². The second kappa shape index (κ2) is 7.27. The Morgan fingerprint density at radius 1 is 1.23 bits per heavy atom. The molecule has 5 heteroatoms. The Labute approximate surface area is 133 Å². The summed E-state index contributed by atoms with van der Waals surface area (Å²) in [6, 6.07) is 0.753. The second-order valence-corrected chi connectivity index (χ2v) is 6.83. The van der Waals surface area contributed by atoms with Crippen LogP contribution in [0.1, 0.15) is 63.0 Å². The molecule has 1 N–H and O–H groups in total. The third kappa shape index (κ3) is 3.88. The van der Waals surface area contributed by atoms with Crippen molar-refractivity contribution >= 4 is 5.91 Å². The van der Waals surface area contributed by atoms with Crippen LogP contribution in [-0.2, 0) is 11.8 Å². The zero-order valence-corrected chi connectivity index (χ0v) is 13.6. The summed E-state index contributed by atoms with van der Waals surface area (Å²) in [7, 11) is 1.95. The molecule has 3 rings (SSSR count). The maximum atomic E-state index is 12.4. The number of carbonyl (C=O) groups excluding carboxylic acids is 1. The average molecular weight is 304 g/mol. The van der Waals surface area contributed by atoms with Crippen molar-refractivity contribution in [1.82, 2.24) is 20.0 Å². The van der Waals surface area contributed by atoms with Crippen LogP contribution in [0.25, 0.3) is 0 Å². The molecule has 0 spiro atoms. The van der Waals surface area contributed by atoms with Gasteiger partial charge in [-0.15, -0.1) is 0 Å². The molecule has 1 atom stereocenters. The van der Waals surface area contributed by atoms with E-state index in [1.807, 2.05) is 17.9 Å². The lowest BCUT2D eigenvalue weighted by atomic mass is 10.1. The second-order valence-electron chi connectivity index (χ2n) is 6.83. The van der Waals surface area contributed by atoms with Gasteiger partial charge in [0.05, 0.1) is 12.7 Å². The number of hydrogen-bond donors (Lipinski definition) is 1. The molecule has 0 aromatic carbocycles. The van der Waals surface area contributed by atoms with Crippen molar-refractivity contribution in [3.63, 3.8) is 0 Å². The van der Waals surface area contributed by atoms with Gasteiger partial charge in [0, 0.05) is 30.9 Å². The van der Waals surface area contributed by atoms with Crippen molar-refractivity contribution in [3.8, 4) is 0 Å². The molecular weight excluding hydrogens is 276 g/mol. The Morgan fingerprint density at radius 3 is 2.68 bits per heavy atom. The molecule has 0 bridgehead atoms. The van der Waals surface area contributed by atoms with Gasteiger partial charge in [0.15, 0.2) is 0 Å². The summed E-state index contributed by atoms with van der Waals surface area (Å²) in [6.45, 7) is 1.54. The van der Waals surface area contributed by atoms with Crippen LogP contribution in [0.2, 0.25) is 0 Å². The normalized spacial score (nSPS) is 24.3. The zero-order chi connectivity index (χ0) is 15.4. The first-order valence-electron chi connectivity index (χ1n) is 8.74. The van der Waals surface area contributed by atoms with E-state index < -0.39 is 0 Å². The van der Waals surface area contributed by atoms with Crippen molar-refractivity contribution < 1.29 is 4.79 Å². The van der Waals surface area contributed by atoms with Crippen molar-refractivity contribution in [2.75, 3.05) is 13.1 Å². The largest absolute Gasteiger partial charge is 0.352 e. The van der Waals surface area contributed by atoms with E-state index in [-0.39, 0.29) is 5.91 Å². The molecule has 1 saturated carbocycles. The molecule has 2 fully saturated rings. The maximum Gasteiger partial charge on any atom is 0.234 e. The lowest BCUT2D eigenvalue weighted by molar-refractivity contribution is -0.123. The summed E-state index contributed by atoms with van der Waals surface area (Å²) < 4.78 is 1.84. The van der Waals surface area contributed by atoms with E-state index >= 15 is 0 Å². The summed E-state index contributed by atoms with van der Waals surface area (Å²) in [5.74, 6) is 0.197. The van der Waals surface area contributed by atoms with Crippen LogP contribution in [0.3, 0.4) is 0 Å². The molecule has 1 aliphatic heterocycles. The third-order valence-electron chi connectivity index (χ3n) is 5.04. The fourth-order valence-corrected chi connectivity index (χ4v) is 3.89. The van der Waals surface area contributed by atoms with Crippen molar-refractivity contribution in [3.05, 3.63) is 18.0 Å². The van der Waals surface area contributed by atoms with E-state index in [0.29, 0.717) is 18.6 Å². The minimum Gasteiger partial charge on any atom is -0.352 e. The van der Waals surface area contributed by atoms with E-state index in [2.05, 4.69) is 21.5 Å². The van der Waals surface area contributed by atoms with Crippen molar-refractivity contribution in [2.45, 2.75) is 63.5 Å². The fraction of sp³-hybridized carbons (Fsp3) is 0.765. The highest BCUT2D eigenvalue weighted by molar-refractivity contribution is 5.78. The molecule has 2 aliphatic rings. The number of aromatic nitrogens is 2. The van der Waals surface area contributed by atoms with Gasteiger partial charge in [0.2, 0.25) is 5.91 Å². The number of likely N-dealkylation sites (tertiary alicyclic amines) is 1. The summed E-state index contributed by atoms with van der Waals surface area (Å²) in [6.07, 6.45) is 13.8. The molecule has 122 valence electrons. The van der Waals surface area contributed by atoms with Crippen LogP contribution in [0.5, 0.6) is 0 Å². The molecule has 1 saturated heterocycles. The average Bonchev–Trinajstić information content (AvgIpc) is 3.03. The summed E-state index contributed by atoms with van der Waals surface area (Å²) in [4.78, 5) is 14.7.